The first-order chi connectivity index (χ1) is 15.8. The molecule has 3 amide bonds. The molecule has 0 spiro atoms. The Bertz CT molecular complexity index is 887. The third kappa shape index (κ3) is 9.84. The minimum absolute atomic E-state index is 0.0951. The van der Waals surface area contributed by atoms with Crippen molar-refractivity contribution in [3.05, 3.63) is 32.7 Å². The number of alkyl carbamates (subject to hydrolysis) is 1. The second-order valence-corrected chi connectivity index (χ2v) is 9.72. The third-order valence-electron chi connectivity index (χ3n) is 4.54. The fourth-order valence-electron chi connectivity index (χ4n) is 2.88. The van der Waals surface area contributed by atoms with Crippen molar-refractivity contribution in [2.45, 2.75) is 46.4 Å². The Morgan fingerprint density at radius 1 is 1.18 bits per heavy atom. The van der Waals surface area contributed by atoms with Gasteiger partial charge in [0.15, 0.2) is 0 Å². The van der Waals surface area contributed by atoms with Crippen LogP contribution in [0.15, 0.2) is 17.1 Å². The highest BCUT2D eigenvalue weighted by Gasteiger charge is 2.24. The molecule has 1 unspecified atom stereocenters. The summed E-state index contributed by atoms with van der Waals surface area (Å²) in [5, 5.41) is 11.2. The van der Waals surface area contributed by atoms with E-state index in [0.717, 1.165) is 22.0 Å². The largest absolute Gasteiger partial charge is 0.444 e. The number of amides is 3. The van der Waals surface area contributed by atoms with Crippen molar-refractivity contribution >= 4 is 40.6 Å². The number of rotatable bonds is 13. The molecule has 0 saturated carbocycles. The average Bonchev–Trinajstić information content (AvgIpc) is 3.45. The molecule has 182 valence electrons. The second-order valence-electron chi connectivity index (χ2n) is 7.81. The maximum atomic E-state index is 12.6. The van der Waals surface area contributed by atoms with E-state index in [9.17, 15) is 14.4 Å². The number of hydrogen-bond donors (Lipinski definition) is 3. The summed E-state index contributed by atoms with van der Waals surface area (Å²) in [6.07, 6.45) is 1.96. The number of ether oxygens (including phenoxy) is 1. The van der Waals surface area contributed by atoms with Crippen LogP contribution < -0.4 is 16.0 Å². The van der Waals surface area contributed by atoms with E-state index in [1.54, 1.807) is 23.0 Å². The monoisotopic (exact) mass is 496 g/mol. The molecule has 3 N–H and O–H groups in total. The third-order valence-corrected chi connectivity index (χ3v) is 6.33. The topological polar surface area (TPSA) is 126 Å². The van der Waals surface area contributed by atoms with Crippen LogP contribution in [0.25, 0.3) is 0 Å². The van der Waals surface area contributed by atoms with Gasteiger partial charge in [-0.2, -0.15) is 0 Å². The fraction of sp³-hybridized carbons (Fsp3) is 0.571. The molecule has 2 aromatic heterocycles. The van der Waals surface area contributed by atoms with Crippen molar-refractivity contribution in [2.24, 2.45) is 5.92 Å². The van der Waals surface area contributed by atoms with E-state index < -0.39 is 12.1 Å². The van der Waals surface area contributed by atoms with Crippen molar-refractivity contribution in [3.63, 3.8) is 0 Å². The Labute approximate surface area is 202 Å². The zero-order valence-electron chi connectivity index (χ0n) is 19.4. The Kier molecular flexibility index (Phi) is 11.2. The standard InChI is InChI=1S/C21H32N6O4S2/c1-5-18-25-15(12-32-18)9-27(4)10-17(28)26-19(14(2)3)20(29)23-6-7-24-21(30)31-11-16-8-22-13-33-16/h8,12-14,19H,5-7,9-11H2,1-4H3,(H,23,29)(H,24,30)(H,26,28). The van der Waals surface area contributed by atoms with Crippen LogP contribution in [0, 0.1) is 5.92 Å². The van der Waals surface area contributed by atoms with Gasteiger partial charge in [0.1, 0.15) is 12.6 Å². The van der Waals surface area contributed by atoms with E-state index in [2.05, 4.69) is 32.8 Å². The summed E-state index contributed by atoms with van der Waals surface area (Å²) >= 11 is 3.01. The van der Waals surface area contributed by atoms with Gasteiger partial charge in [-0.25, -0.2) is 9.78 Å². The summed E-state index contributed by atoms with van der Waals surface area (Å²) in [6.45, 7) is 7.09. The first kappa shape index (κ1) is 26.7. The average molecular weight is 497 g/mol. The van der Waals surface area contributed by atoms with Crippen molar-refractivity contribution in [1.82, 2.24) is 30.8 Å². The lowest BCUT2D eigenvalue weighted by molar-refractivity contribution is -0.130. The van der Waals surface area contributed by atoms with Crippen molar-refractivity contribution < 1.29 is 19.1 Å². The number of aromatic nitrogens is 2. The molecule has 0 aliphatic heterocycles. The lowest BCUT2D eigenvalue weighted by Gasteiger charge is -2.23. The van der Waals surface area contributed by atoms with Crippen molar-refractivity contribution in [3.8, 4) is 0 Å². The summed E-state index contributed by atoms with van der Waals surface area (Å²) in [4.78, 5) is 47.9. The summed E-state index contributed by atoms with van der Waals surface area (Å²) < 4.78 is 5.06. The van der Waals surface area contributed by atoms with Crippen LogP contribution in [0.1, 0.15) is 36.3 Å². The maximum absolute atomic E-state index is 12.6. The van der Waals surface area contributed by atoms with Gasteiger partial charge < -0.3 is 20.7 Å². The van der Waals surface area contributed by atoms with Gasteiger partial charge in [-0.15, -0.1) is 22.7 Å². The molecular formula is C21H32N6O4S2. The molecule has 0 radical (unpaired) electrons. The lowest BCUT2D eigenvalue weighted by atomic mass is 10.0. The minimum Gasteiger partial charge on any atom is -0.444 e. The van der Waals surface area contributed by atoms with Gasteiger partial charge in [0.05, 0.1) is 27.6 Å². The molecule has 0 aliphatic carbocycles. The van der Waals surface area contributed by atoms with Gasteiger partial charge in [0, 0.05) is 31.2 Å². The number of hydrogen-bond acceptors (Lipinski definition) is 9. The molecule has 0 aliphatic rings. The highest BCUT2D eigenvalue weighted by atomic mass is 32.1. The number of thiazole rings is 2. The Morgan fingerprint density at radius 2 is 1.94 bits per heavy atom. The minimum atomic E-state index is -0.671. The SMILES string of the molecule is CCc1nc(CN(C)CC(=O)NC(C(=O)NCCNC(=O)OCc2cncs2)C(C)C)cs1. The zero-order chi connectivity index (χ0) is 24.2. The molecule has 2 rings (SSSR count). The van der Waals surface area contributed by atoms with Crippen molar-refractivity contribution in [2.75, 3.05) is 26.7 Å². The number of nitrogens with zero attached hydrogens (tertiary/aromatic N) is 3. The Balaban J connectivity index is 1.68. The van der Waals surface area contributed by atoms with Crippen LogP contribution in [0.3, 0.4) is 0 Å². The summed E-state index contributed by atoms with van der Waals surface area (Å²) in [6, 6.07) is -0.671. The maximum Gasteiger partial charge on any atom is 0.407 e. The molecule has 12 heteroatoms. The van der Waals surface area contributed by atoms with Crippen LogP contribution >= 0.6 is 22.7 Å². The number of nitrogens with one attached hydrogen (secondary N) is 3. The summed E-state index contributed by atoms with van der Waals surface area (Å²) in [5.41, 5.74) is 2.60. The van der Waals surface area contributed by atoms with Crippen LogP contribution in [0.5, 0.6) is 0 Å². The fourth-order valence-corrected chi connectivity index (χ4v) is 4.12. The summed E-state index contributed by atoms with van der Waals surface area (Å²) in [5.74, 6) is -0.628. The molecule has 33 heavy (non-hydrogen) atoms. The smallest absolute Gasteiger partial charge is 0.407 e. The van der Waals surface area contributed by atoms with Crippen LogP contribution in [-0.2, 0) is 33.9 Å². The van der Waals surface area contributed by atoms with Gasteiger partial charge in [0.2, 0.25) is 11.8 Å². The van der Waals surface area contributed by atoms with E-state index in [1.807, 2.05) is 31.2 Å². The molecule has 10 nitrogen and oxygen atoms in total. The summed E-state index contributed by atoms with van der Waals surface area (Å²) in [7, 11) is 1.84. The van der Waals surface area contributed by atoms with E-state index in [0.29, 0.717) is 6.54 Å². The molecule has 0 aromatic carbocycles. The quantitative estimate of drug-likeness (QED) is 0.361. The second kappa shape index (κ2) is 13.9. The van der Waals surface area contributed by atoms with Crippen molar-refractivity contribution in [1.29, 1.82) is 0 Å². The number of carbonyl (C=O) groups is 3. The van der Waals surface area contributed by atoms with Crippen LogP contribution in [0.2, 0.25) is 0 Å². The van der Waals surface area contributed by atoms with Crippen LogP contribution in [0.4, 0.5) is 4.79 Å². The zero-order valence-corrected chi connectivity index (χ0v) is 21.1. The number of likely N-dealkylation sites (N-methyl/N-ethyl adjacent to an activating group) is 1. The number of aryl methyl sites for hydroxylation is 1. The highest BCUT2D eigenvalue weighted by molar-refractivity contribution is 7.09. The van der Waals surface area contributed by atoms with E-state index >= 15 is 0 Å². The van der Waals surface area contributed by atoms with Crippen LogP contribution in [-0.4, -0.2) is 65.5 Å². The number of carbonyl (C=O) groups excluding carboxylic acids is 3. The predicted octanol–water partition coefficient (Wildman–Crippen LogP) is 1.78. The van der Waals surface area contributed by atoms with Gasteiger partial charge in [-0.1, -0.05) is 20.8 Å². The van der Waals surface area contributed by atoms with Gasteiger partial charge in [-0.3, -0.25) is 19.5 Å². The van der Waals surface area contributed by atoms with Gasteiger partial charge in [0.25, 0.3) is 0 Å². The molecule has 0 fully saturated rings. The molecule has 2 heterocycles. The molecule has 0 saturated heterocycles. The lowest BCUT2D eigenvalue weighted by Crippen LogP contribution is -2.52. The molecule has 2 aromatic rings. The van der Waals surface area contributed by atoms with Gasteiger partial charge in [-0.05, 0) is 19.4 Å². The normalized spacial score (nSPS) is 11.9. The van der Waals surface area contributed by atoms with E-state index in [-0.39, 0.29) is 44.0 Å². The van der Waals surface area contributed by atoms with E-state index in [1.165, 1.54) is 11.3 Å². The predicted molar refractivity (Wildman–Crippen MR) is 128 cm³/mol. The molecule has 1 atom stereocenters. The highest BCUT2D eigenvalue weighted by Crippen LogP contribution is 2.11. The van der Waals surface area contributed by atoms with Gasteiger partial charge >= 0.3 is 6.09 Å². The Hall–Kier alpha value is -2.57. The first-order valence-electron chi connectivity index (χ1n) is 10.7. The Morgan fingerprint density at radius 3 is 2.58 bits per heavy atom. The molecular weight excluding hydrogens is 464 g/mol. The first-order valence-corrected chi connectivity index (χ1v) is 12.5. The molecule has 0 bridgehead atoms. The van der Waals surface area contributed by atoms with E-state index in [4.69, 9.17) is 4.74 Å².